The number of hydrogen-bond acceptors (Lipinski definition) is 5. The number of benzene rings is 2. The van der Waals surface area contributed by atoms with Gasteiger partial charge in [0.05, 0.1) is 17.5 Å². The average molecular weight is 434 g/mol. The number of nitro benzene ring substituents is 1. The number of nitrogens with one attached hydrogen (secondary N) is 1. The molecule has 0 unspecified atom stereocenters. The summed E-state index contributed by atoms with van der Waals surface area (Å²) in [6.07, 6.45) is 0.767. The molecule has 5 rings (SSSR count). The molecule has 2 aliphatic rings. The largest absolute Gasteiger partial charge is 0.396 e. The fourth-order valence-corrected chi connectivity index (χ4v) is 4.93. The summed E-state index contributed by atoms with van der Waals surface area (Å²) < 4.78 is 0. The third kappa shape index (κ3) is 3.13. The maximum absolute atomic E-state index is 13.4. The van der Waals surface area contributed by atoms with E-state index in [1.165, 1.54) is 17.0 Å². The number of carbonyl (C=O) groups excluding carboxylic acids is 2. The lowest BCUT2D eigenvalue weighted by atomic mass is 9.86. The van der Waals surface area contributed by atoms with Gasteiger partial charge in [-0.15, -0.1) is 0 Å². The molecule has 32 heavy (non-hydrogen) atoms. The van der Waals surface area contributed by atoms with Crippen LogP contribution in [0.5, 0.6) is 0 Å². The van der Waals surface area contributed by atoms with Gasteiger partial charge in [0.1, 0.15) is 6.04 Å². The summed E-state index contributed by atoms with van der Waals surface area (Å²) >= 11 is 0. The molecule has 2 amide bonds. The molecular formula is C23H22N4O5. The maximum Gasteiger partial charge on any atom is 0.269 e. The zero-order valence-electron chi connectivity index (χ0n) is 17.2. The van der Waals surface area contributed by atoms with Crippen LogP contribution >= 0.6 is 0 Å². The van der Waals surface area contributed by atoms with E-state index in [4.69, 9.17) is 0 Å². The Balaban J connectivity index is 1.68. The van der Waals surface area contributed by atoms with Gasteiger partial charge in [-0.1, -0.05) is 30.3 Å². The third-order valence-electron chi connectivity index (χ3n) is 6.33. The molecule has 0 aliphatic carbocycles. The maximum atomic E-state index is 13.4. The van der Waals surface area contributed by atoms with Crippen LogP contribution < -0.4 is 0 Å². The lowest BCUT2D eigenvalue weighted by molar-refractivity contribution is -0.384. The van der Waals surface area contributed by atoms with Crippen LogP contribution in [0.3, 0.4) is 0 Å². The number of piperazine rings is 1. The first-order chi connectivity index (χ1) is 15.5. The molecule has 9 heteroatoms. The number of nitro groups is 1. The van der Waals surface area contributed by atoms with Crippen LogP contribution in [0.25, 0.3) is 10.9 Å². The van der Waals surface area contributed by atoms with Crippen molar-refractivity contribution >= 4 is 28.4 Å². The highest BCUT2D eigenvalue weighted by molar-refractivity contribution is 5.97. The van der Waals surface area contributed by atoms with Gasteiger partial charge in [0.15, 0.2) is 0 Å². The van der Waals surface area contributed by atoms with Crippen molar-refractivity contribution in [1.82, 2.24) is 14.8 Å². The molecule has 164 valence electrons. The van der Waals surface area contributed by atoms with Crippen molar-refractivity contribution in [3.05, 3.63) is 75.5 Å². The minimum atomic E-state index is -0.703. The van der Waals surface area contributed by atoms with Crippen LogP contribution in [0, 0.1) is 10.1 Å². The lowest BCUT2D eigenvalue weighted by Crippen LogP contribution is -2.63. The molecule has 0 saturated carbocycles. The van der Waals surface area contributed by atoms with Crippen LogP contribution in [-0.2, 0) is 16.0 Å². The van der Waals surface area contributed by atoms with Crippen LogP contribution in [0.2, 0.25) is 0 Å². The number of aliphatic hydroxyl groups excluding tert-OH is 1. The average Bonchev–Trinajstić information content (AvgIpc) is 3.17. The minimum absolute atomic E-state index is 0.0603. The van der Waals surface area contributed by atoms with Gasteiger partial charge in [-0.25, -0.2) is 0 Å². The fourth-order valence-electron chi connectivity index (χ4n) is 4.93. The summed E-state index contributed by atoms with van der Waals surface area (Å²) in [7, 11) is 0. The Hall–Kier alpha value is -3.72. The SMILES string of the molecule is O=C1[C@@H]2Cc3c([nH]c4ccccc34)[C@H](c3cccc([N+](=O)[O-])c3)N2C(=O)CN1CCCO. The Kier molecular flexibility index (Phi) is 4.90. The predicted octanol–water partition coefficient (Wildman–Crippen LogP) is 2.14. The normalized spacial score (nSPS) is 20.4. The lowest BCUT2D eigenvalue weighted by Gasteiger charge is -2.47. The van der Waals surface area contributed by atoms with E-state index in [-0.39, 0.29) is 30.7 Å². The molecule has 2 aromatic carbocycles. The quantitative estimate of drug-likeness (QED) is 0.471. The van der Waals surface area contributed by atoms with Gasteiger partial charge in [-0.3, -0.25) is 19.7 Å². The van der Waals surface area contributed by atoms with Crippen molar-refractivity contribution in [1.29, 1.82) is 0 Å². The molecule has 0 radical (unpaired) electrons. The highest BCUT2D eigenvalue weighted by Gasteiger charge is 2.48. The summed E-state index contributed by atoms with van der Waals surface area (Å²) in [5.74, 6) is -0.377. The number of rotatable bonds is 5. The second kappa shape index (κ2) is 7.76. The number of H-pyrrole nitrogens is 1. The molecule has 2 N–H and O–H groups in total. The number of fused-ring (bicyclic) bond motifs is 4. The topological polar surface area (TPSA) is 120 Å². The van der Waals surface area contributed by atoms with Gasteiger partial charge in [0.2, 0.25) is 11.8 Å². The Morgan fingerprint density at radius 2 is 1.97 bits per heavy atom. The Morgan fingerprint density at radius 3 is 2.75 bits per heavy atom. The number of para-hydroxylation sites is 1. The zero-order valence-corrected chi connectivity index (χ0v) is 17.2. The first kappa shape index (κ1) is 20.2. The van der Waals surface area contributed by atoms with Crippen molar-refractivity contribution in [3.63, 3.8) is 0 Å². The van der Waals surface area contributed by atoms with Crippen LogP contribution in [0.4, 0.5) is 5.69 Å². The number of non-ortho nitro benzene ring substituents is 1. The minimum Gasteiger partial charge on any atom is -0.396 e. The van der Waals surface area contributed by atoms with Crippen molar-refractivity contribution in [2.75, 3.05) is 19.7 Å². The summed E-state index contributed by atoms with van der Waals surface area (Å²) in [5.41, 5.74) is 3.14. The van der Waals surface area contributed by atoms with E-state index in [1.807, 2.05) is 24.3 Å². The van der Waals surface area contributed by atoms with E-state index in [0.29, 0.717) is 24.9 Å². The first-order valence-corrected chi connectivity index (χ1v) is 10.5. The van der Waals surface area contributed by atoms with Gasteiger partial charge in [0.25, 0.3) is 5.69 Å². The van der Waals surface area contributed by atoms with Gasteiger partial charge in [0, 0.05) is 48.3 Å². The second-order valence-electron chi connectivity index (χ2n) is 8.18. The summed E-state index contributed by atoms with van der Waals surface area (Å²) in [6, 6.07) is 12.7. The van der Waals surface area contributed by atoms with E-state index < -0.39 is 17.0 Å². The monoisotopic (exact) mass is 434 g/mol. The molecule has 0 bridgehead atoms. The van der Waals surface area contributed by atoms with Gasteiger partial charge in [-0.2, -0.15) is 0 Å². The third-order valence-corrected chi connectivity index (χ3v) is 6.33. The van der Waals surface area contributed by atoms with E-state index in [9.17, 15) is 24.8 Å². The second-order valence-corrected chi connectivity index (χ2v) is 8.18. The predicted molar refractivity (Wildman–Crippen MR) is 116 cm³/mol. The number of nitrogens with zero attached hydrogens (tertiary/aromatic N) is 3. The van der Waals surface area contributed by atoms with Crippen molar-refractivity contribution in [2.45, 2.75) is 24.9 Å². The van der Waals surface area contributed by atoms with E-state index >= 15 is 0 Å². The zero-order chi connectivity index (χ0) is 22.4. The van der Waals surface area contributed by atoms with Gasteiger partial charge >= 0.3 is 0 Å². The summed E-state index contributed by atoms with van der Waals surface area (Å²) in [5, 5.41) is 21.5. The summed E-state index contributed by atoms with van der Waals surface area (Å²) in [6.45, 7) is 0.180. The van der Waals surface area contributed by atoms with Crippen molar-refractivity contribution in [2.24, 2.45) is 0 Å². The van der Waals surface area contributed by atoms with Crippen molar-refractivity contribution in [3.8, 4) is 0 Å². The summed E-state index contributed by atoms with van der Waals surface area (Å²) in [4.78, 5) is 44.1. The number of aliphatic hydroxyl groups is 1. The van der Waals surface area contributed by atoms with Crippen LogP contribution in [0.1, 0.15) is 29.3 Å². The van der Waals surface area contributed by atoms with Crippen LogP contribution in [-0.4, -0.2) is 62.4 Å². The van der Waals surface area contributed by atoms with Gasteiger partial charge in [-0.05, 0) is 23.6 Å². The first-order valence-electron chi connectivity index (χ1n) is 10.5. The number of aromatic nitrogens is 1. The molecule has 2 aliphatic heterocycles. The van der Waals surface area contributed by atoms with E-state index in [1.54, 1.807) is 17.0 Å². The molecule has 1 fully saturated rings. The van der Waals surface area contributed by atoms with Crippen molar-refractivity contribution < 1.29 is 19.6 Å². The molecule has 1 aromatic heterocycles. The number of amides is 2. The molecule has 0 spiro atoms. The van der Waals surface area contributed by atoms with E-state index in [2.05, 4.69) is 4.98 Å². The molecule has 9 nitrogen and oxygen atoms in total. The smallest absolute Gasteiger partial charge is 0.269 e. The number of aromatic amines is 1. The number of hydrogen-bond donors (Lipinski definition) is 2. The highest BCUT2D eigenvalue weighted by Crippen LogP contribution is 2.43. The highest BCUT2D eigenvalue weighted by atomic mass is 16.6. The molecular weight excluding hydrogens is 412 g/mol. The molecule has 1 saturated heterocycles. The molecule has 3 aromatic rings. The molecule has 3 heterocycles. The molecule has 2 atom stereocenters. The van der Waals surface area contributed by atoms with Gasteiger partial charge < -0.3 is 19.9 Å². The van der Waals surface area contributed by atoms with Crippen LogP contribution in [0.15, 0.2) is 48.5 Å². The Bertz CT molecular complexity index is 1240. The Morgan fingerprint density at radius 1 is 1.16 bits per heavy atom. The standard InChI is InChI=1S/C23H22N4O5/c28-10-4-9-25-13-20(29)26-19(23(25)30)12-17-16-7-1-2-8-18(16)24-21(17)22(26)14-5-3-6-15(11-14)27(31)32/h1-3,5-8,11,19,22,24,28H,4,9-10,12-13H2/t19-,22-/m0/s1. The fraction of sp³-hybridized carbons (Fsp3) is 0.304. The van der Waals surface area contributed by atoms with E-state index in [0.717, 1.165) is 22.2 Å². The number of carbonyl (C=O) groups is 2. The Labute approximate surface area is 183 Å².